The van der Waals surface area contributed by atoms with E-state index in [-0.39, 0.29) is 34.0 Å². The van der Waals surface area contributed by atoms with Gasteiger partial charge in [0.15, 0.2) is 11.5 Å². The van der Waals surface area contributed by atoms with Crippen LogP contribution >= 0.6 is 0 Å². The summed E-state index contributed by atoms with van der Waals surface area (Å²) >= 11 is 0. The fourth-order valence-corrected chi connectivity index (χ4v) is 8.72. The van der Waals surface area contributed by atoms with Crippen molar-refractivity contribution in [3.05, 3.63) is 23.3 Å². The highest BCUT2D eigenvalue weighted by Gasteiger charge is 2.77. The number of phenolic OH excluding ortho intramolecular Hbond substituents is 1. The van der Waals surface area contributed by atoms with Gasteiger partial charge in [0.25, 0.3) is 0 Å². The number of nitrogens with zero attached hydrogens (tertiary/aromatic N) is 1. The first-order chi connectivity index (χ1) is 15.8. The molecule has 7 atom stereocenters. The average molecular weight is 470 g/mol. The minimum Gasteiger partial charge on any atom is -0.504 e. The number of aromatic hydroxyl groups is 1. The summed E-state index contributed by atoms with van der Waals surface area (Å²) in [5, 5.41) is 23.1. The molecule has 188 valence electrons. The van der Waals surface area contributed by atoms with Crippen molar-refractivity contribution in [2.24, 2.45) is 22.7 Å². The van der Waals surface area contributed by atoms with Gasteiger partial charge in [0.2, 0.25) is 0 Å². The van der Waals surface area contributed by atoms with E-state index in [1.165, 1.54) is 30.5 Å². The Morgan fingerprint density at radius 2 is 1.88 bits per heavy atom. The molecule has 5 nitrogen and oxygen atoms in total. The number of rotatable bonds is 4. The van der Waals surface area contributed by atoms with Crippen molar-refractivity contribution < 1.29 is 19.7 Å². The van der Waals surface area contributed by atoms with Crippen LogP contribution in [0.15, 0.2) is 12.1 Å². The number of hydrogen-bond donors (Lipinski definition) is 2. The molecule has 2 bridgehead atoms. The fourth-order valence-electron chi connectivity index (χ4n) is 8.72. The lowest BCUT2D eigenvalue weighted by Gasteiger charge is -2.70. The van der Waals surface area contributed by atoms with E-state index < -0.39 is 11.2 Å². The normalized spacial score (nSPS) is 42.6. The van der Waals surface area contributed by atoms with Gasteiger partial charge in [-0.15, -0.1) is 0 Å². The predicted octanol–water partition coefficient (Wildman–Crippen LogP) is 4.66. The molecular weight excluding hydrogens is 426 g/mol. The van der Waals surface area contributed by atoms with E-state index in [0.717, 1.165) is 31.7 Å². The van der Waals surface area contributed by atoms with Crippen LogP contribution in [0, 0.1) is 22.7 Å². The molecule has 3 fully saturated rings. The Bertz CT molecular complexity index is 1030. The zero-order valence-electron chi connectivity index (χ0n) is 22.1. The fraction of sp³-hybridized carbons (Fsp3) is 0.793. The first kappa shape index (κ1) is 23.1. The van der Waals surface area contributed by atoms with Crippen LogP contribution in [0.1, 0.15) is 78.4 Å². The van der Waals surface area contributed by atoms with Crippen molar-refractivity contribution in [1.29, 1.82) is 0 Å². The largest absolute Gasteiger partial charge is 0.504 e. The third-order valence-corrected chi connectivity index (χ3v) is 11.4. The first-order valence-corrected chi connectivity index (χ1v) is 13.3. The molecule has 2 saturated carbocycles. The lowest BCUT2D eigenvalue weighted by atomic mass is 9.38. The van der Waals surface area contributed by atoms with E-state index in [1.54, 1.807) is 7.11 Å². The molecule has 5 heteroatoms. The van der Waals surface area contributed by atoms with Gasteiger partial charge in [0.1, 0.15) is 11.7 Å². The van der Waals surface area contributed by atoms with Crippen molar-refractivity contribution in [1.82, 2.24) is 4.90 Å². The highest BCUT2D eigenvalue weighted by Crippen LogP contribution is 2.73. The van der Waals surface area contributed by atoms with Gasteiger partial charge in [0.05, 0.1) is 5.60 Å². The van der Waals surface area contributed by atoms with Gasteiger partial charge in [-0.25, -0.2) is 0 Å². The summed E-state index contributed by atoms with van der Waals surface area (Å²) in [5.41, 5.74) is 0.271. The molecule has 1 aromatic carbocycles. The lowest BCUT2D eigenvalue weighted by molar-refractivity contribution is -0.270. The van der Waals surface area contributed by atoms with Crippen LogP contribution in [-0.4, -0.2) is 58.7 Å². The van der Waals surface area contributed by atoms with Gasteiger partial charge in [0, 0.05) is 36.6 Å². The number of aliphatic hydroxyl groups is 1. The number of likely N-dealkylation sites (tertiary alicyclic amines) is 1. The Morgan fingerprint density at radius 1 is 1.18 bits per heavy atom. The number of piperidine rings is 1. The minimum absolute atomic E-state index is 0.0885. The van der Waals surface area contributed by atoms with Gasteiger partial charge < -0.3 is 19.7 Å². The molecule has 0 aromatic heterocycles. The summed E-state index contributed by atoms with van der Waals surface area (Å²) in [6, 6.07) is 4.35. The van der Waals surface area contributed by atoms with Crippen LogP contribution in [-0.2, 0) is 16.6 Å². The van der Waals surface area contributed by atoms with Gasteiger partial charge in [-0.1, -0.05) is 33.8 Å². The van der Waals surface area contributed by atoms with Crippen LogP contribution < -0.4 is 4.74 Å². The average Bonchev–Trinajstić information content (AvgIpc) is 3.49. The molecule has 1 spiro atoms. The molecule has 0 radical (unpaired) electrons. The minimum atomic E-state index is -0.960. The number of methoxy groups -OCH3 is 1. The Hall–Kier alpha value is -1.30. The second-order valence-electron chi connectivity index (χ2n) is 13.8. The Balaban J connectivity index is 1.59. The summed E-state index contributed by atoms with van der Waals surface area (Å²) in [7, 11) is 1.78. The highest BCUT2D eigenvalue weighted by atomic mass is 16.6. The Kier molecular flexibility index (Phi) is 4.57. The lowest BCUT2D eigenvalue weighted by Crippen LogP contribution is -2.79. The van der Waals surface area contributed by atoms with E-state index in [4.69, 9.17) is 9.47 Å². The number of benzene rings is 1. The van der Waals surface area contributed by atoms with Crippen LogP contribution in [0.2, 0.25) is 0 Å². The summed E-state index contributed by atoms with van der Waals surface area (Å²) in [6.45, 7) is 15.3. The third-order valence-electron chi connectivity index (χ3n) is 11.4. The summed E-state index contributed by atoms with van der Waals surface area (Å²) < 4.78 is 13.3. The van der Waals surface area contributed by atoms with Gasteiger partial charge in [-0.05, 0) is 80.9 Å². The molecular formula is C29H43NO4. The summed E-state index contributed by atoms with van der Waals surface area (Å²) in [4.78, 5) is 2.77. The summed E-state index contributed by atoms with van der Waals surface area (Å²) in [5.74, 6) is 1.63. The smallest absolute Gasteiger partial charge is 0.165 e. The molecule has 2 N–H and O–H groups in total. The molecule has 0 amide bonds. The molecule has 1 unspecified atom stereocenters. The van der Waals surface area contributed by atoms with E-state index in [0.29, 0.717) is 11.8 Å². The molecule has 1 saturated heterocycles. The Labute approximate surface area is 204 Å². The summed E-state index contributed by atoms with van der Waals surface area (Å²) in [6.07, 6.45) is 5.32. The van der Waals surface area contributed by atoms with Crippen LogP contribution in [0.4, 0.5) is 0 Å². The van der Waals surface area contributed by atoms with Gasteiger partial charge in [-0.2, -0.15) is 0 Å². The third kappa shape index (κ3) is 2.57. The monoisotopic (exact) mass is 469 g/mol. The molecule has 2 heterocycles. The first-order valence-electron chi connectivity index (χ1n) is 13.3. The van der Waals surface area contributed by atoms with E-state index >= 15 is 0 Å². The standard InChI is InChI=1S/C29H43NO4/c1-25(2,3)28(6,32)20-15-26(4)21-14-18-10-11-19(31)23-22(18)29(26,24(34-23)27(20,5)33-7)12-13-30(21)16-17-8-9-17/h10-11,17,20-21,24,31-32H,8-9,12-16H2,1-7H3/t20-,21+,24-,26+,27+,28-,29?/m0/s1. The molecule has 5 aliphatic rings. The quantitative estimate of drug-likeness (QED) is 0.672. The van der Waals surface area contributed by atoms with Crippen molar-refractivity contribution in [2.75, 3.05) is 20.2 Å². The van der Waals surface area contributed by atoms with E-state index in [1.807, 2.05) is 13.0 Å². The molecule has 3 aliphatic carbocycles. The zero-order chi connectivity index (χ0) is 24.5. The zero-order valence-corrected chi connectivity index (χ0v) is 22.1. The molecule has 34 heavy (non-hydrogen) atoms. The highest BCUT2D eigenvalue weighted by molar-refractivity contribution is 5.62. The van der Waals surface area contributed by atoms with E-state index in [2.05, 4.69) is 45.6 Å². The van der Waals surface area contributed by atoms with E-state index in [9.17, 15) is 10.2 Å². The van der Waals surface area contributed by atoms with Crippen LogP contribution in [0.5, 0.6) is 11.5 Å². The van der Waals surface area contributed by atoms with Crippen molar-refractivity contribution in [2.45, 2.75) is 102 Å². The molecule has 6 rings (SSSR count). The number of hydrogen-bond acceptors (Lipinski definition) is 5. The maximum absolute atomic E-state index is 12.2. The van der Waals surface area contributed by atoms with Crippen molar-refractivity contribution in [3.63, 3.8) is 0 Å². The van der Waals surface area contributed by atoms with Crippen LogP contribution in [0.3, 0.4) is 0 Å². The van der Waals surface area contributed by atoms with Crippen LogP contribution in [0.25, 0.3) is 0 Å². The number of phenols is 1. The molecule has 2 aliphatic heterocycles. The maximum atomic E-state index is 12.2. The number of ether oxygens (including phenoxy) is 2. The predicted molar refractivity (Wildman–Crippen MR) is 132 cm³/mol. The topological polar surface area (TPSA) is 62.2 Å². The molecule has 1 aromatic rings. The van der Waals surface area contributed by atoms with Crippen molar-refractivity contribution >= 4 is 0 Å². The van der Waals surface area contributed by atoms with Gasteiger partial charge in [-0.3, -0.25) is 4.90 Å². The second kappa shape index (κ2) is 6.72. The maximum Gasteiger partial charge on any atom is 0.165 e. The Morgan fingerprint density at radius 3 is 2.50 bits per heavy atom. The second-order valence-corrected chi connectivity index (χ2v) is 13.8. The van der Waals surface area contributed by atoms with Gasteiger partial charge >= 0.3 is 0 Å². The van der Waals surface area contributed by atoms with Crippen molar-refractivity contribution in [3.8, 4) is 11.5 Å². The SMILES string of the molecule is CO[C@@]1(C)[C@@H]2Oc3c(O)ccc4c3C23CCN(CC2CC2)[C@H](C4)[C@@]3(C)C[C@@H]1[C@](C)(O)C(C)(C)C.